The molecular weight excluding hydrogens is 204 g/mol. The van der Waals surface area contributed by atoms with Gasteiger partial charge >= 0.3 is 0 Å². The van der Waals surface area contributed by atoms with Crippen LogP contribution in [0, 0.1) is 0 Å². The standard InChI is InChI=1S/C11H18N4O/c1-3-12-10-5-7-15(11(10)16)8-9-4-6-13-14(9)2/h4,6,10,12H,3,5,7-8H2,1-2H3. The van der Waals surface area contributed by atoms with Gasteiger partial charge in [0.05, 0.1) is 18.3 Å². The van der Waals surface area contributed by atoms with Crippen molar-refractivity contribution < 1.29 is 4.79 Å². The van der Waals surface area contributed by atoms with Crippen LogP contribution in [-0.4, -0.2) is 39.7 Å². The van der Waals surface area contributed by atoms with Gasteiger partial charge in [-0.1, -0.05) is 6.92 Å². The molecule has 1 aromatic heterocycles. The maximum atomic E-state index is 12.0. The molecule has 88 valence electrons. The summed E-state index contributed by atoms with van der Waals surface area (Å²) in [6.07, 6.45) is 2.67. The molecular formula is C11H18N4O. The van der Waals surface area contributed by atoms with Crippen molar-refractivity contribution in [1.29, 1.82) is 0 Å². The number of aryl methyl sites for hydroxylation is 1. The molecule has 1 saturated heterocycles. The number of hydrogen-bond donors (Lipinski definition) is 1. The molecule has 0 aromatic carbocycles. The number of nitrogens with zero attached hydrogens (tertiary/aromatic N) is 3. The van der Waals surface area contributed by atoms with Gasteiger partial charge in [-0.2, -0.15) is 5.10 Å². The van der Waals surface area contributed by atoms with Crippen molar-refractivity contribution in [2.24, 2.45) is 7.05 Å². The van der Waals surface area contributed by atoms with E-state index in [0.717, 1.165) is 25.2 Å². The molecule has 1 aliphatic rings. The molecule has 1 aliphatic heterocycles. The van der Waals surface area contributed by atoms with Crippen LogP contribution in [0.2, 0.25) is 0 Å². The molecule has 0 aliphatic carbocycles. The van der Waals surface area contributed by atoms with Crippen LogP contribution in [0.5, 0.6) is 0 Å². The van der Waals surface area contributed by atoms with Crippen molar-refractivity contribution in [1.82, 2.24) is 20.0 Å². The first-order valence-electron chi connectivity index (χ1n) is 5.71. The Bertz CT molecular complexity index is 374. The normalized spacial score (nSPS) is 20.8. The van der Waals surface area contributed by atoms with E-state index in [1.165, 1.54) is 0 Å². The van der Waals surface area contributed by atoms with Gasteiger partial charge in [-0.15, -0.1) is 0 Å². The van der Waals surface area contributed by atoms with Crippen molar-refractivity contribution in [3.05, 3.63) is 18.0 Å². The molecule has 0 spiro atoms. The smallest absolute Gasteiger partial charge is 0.240 e. The first-order valence-corrected chi connectivity index (χ1v) is 5.71. The first-order chi connectivity index (χ1) is 7.72. The van der Waals surface area contributed by atoms with E-state index in [0.29, 0.717) is 6.54 Å². The zero-order valence-corrected chi connectivity index (χ0v) is 9.81. The quantitative estimate of drug-likeness (QED) is 0.788. The predicted molar refractivity (Wildman–Crippen MR) is 60.7 cm³/mol. The second-order valence-electron chi connectivity index (χ2n) is 4.10. The Morgan fingerprint density at radius 1 is 1.62 bits per heavy atom. The van der Waals surface area contributed by atoms with E-state index < -0.39 is 0 Å². The van der Waals surface area contributed by atoms with Gasteiger partial charge in [-0.25, -0.2) is 0 Å². The van der Waals surface area contributed by atoms with E-state index in [1.807, 2.05) is 29.6 Å². The average Bonchev–Trinajstić information content (AvgIpc) is 2.80. The van der Waals surface area contributed by atoms with Gasteiger partial charge in [-0.3, -0.25) is 9.48 Å². The summed E-state index contributed by atoms with van der Waals surface area (Å²) in [6, 6.07) is 1.96. The van der Waals surface area contributed by atoms with Crippen LogP contribution in [0.4, 0.5) is 0 Å². The summed E-state index contributed by atoms with van der Waals surface area (Å²) in [5, 5.41) is 7.31. The average molecular weight is 222 g/mol. The molecule has 0 bridgehead atoms. The van der Waals surface area contributed by atoms with Crippen molar-refractivity contribution in [2.75, 3.05) is 13.1 Å². The van der Waals surface area contributed by atoms with Gasteiger partial charge in [0.1, 0.15) is 0 Å². The molecule has 2 rings (SSSR count). The monoisotopic (exact) mass is 222 g/mol. The third kappa shape index (κ3) is 2.09. The molecule has 0 saturated carbocycles. The van der Waals surface area contributed by atoms with Crippen LogP contribution in [0.1, 0.15) is 19.0 Å². The number of likely N-dealkylation sites (N-methyl/N-ethyl adjacent to an activating group) is 1. The summed E-state index contributed by atoms with van der Waals surface area (Å²) in [6.45, 7) is 4.37. The van der Waals surface area contributed by atoms with E-state index in [1.54, 1.807) is 6.20 Å². The number of aromatic nitrogens is 2. The van der Waals surface area contributed by atoms with Crippen molar-refractivity contribution in [3.8, 4) is 0 Å². The van der Waals surface area contributed by atoms with Gasteiger partial charge in [0.2, 0.25) is 5.91 Å². The summed E-state index contributed by atoms with van der Waals surface area (Å²) >= 11 is 0. The molecule has 1 N–H and O–H groups in total. The van der Waals surface area contributed by atoms with Crippen LogP contribution >= 0.6 is 0 Å². The maximum Gasteiger partial charge on any atom is 0.240 e. The van der Waals surface area contributed by atoms with Crippen LogP contribution in [0.3, 0.4) is 0 Å². The Balaban J connectivity index is 1.97. The minimum absolute atomic E-state index is 0.0122. The molecule has 1 unspecified atom stereocenters. The summed E-state index contributed by atoms with van der Waals surface area (Å²) in [5.41, 5.74) is 1.07. The molecule has 1 atom stereocenters. The van der Waals surface area contributed by atoms with Crippen molar-refractivity contribution in [2.45, 2.75) is 25.9 Å². The Kier molecular flexibility index (Phi) is 3.24. The molecule has 2 heterocycles. The van der Waals surface area contributed by atoms with E-state index in [4.69, 9.17) is 0 Å². The lowest BCUT2D eigenvalue weighted by molar-refractivity contribution is -0.130. The Morgan fingerprint density at radius 2 is 2.44 bits per heavy atom. The number of amides is 1. The van der Waals surface area contributed by atoms with E-state index in [9.17, 15) is 4.79 Å². The lowest BCUT2D eigenvalue weighted by Crippen LogP contribution is -2.38. The molecule has 16 heavy (non-hydrogen) atoms. The van der Waals surface area contributed by atoms with Crippen LogP contribution in [0.25, 0.3) is 0 Å². The predicted octanol–water partition coefficient (Wildman–Crippen LogP) is 0.130. The number of likely N-dealkylation sites (tertiary alicyclic amines) is 1. The summed E-state index contributed by atoms with van der Waals surface area (Å²) in [5.74, 6) is 0.211. The van der Waals surface area contributed by atoms with Gasteiger partial charge in [-0.05, 0) is 19.0 Å². The Hall–Kier alpha value is -1.36. The minimum atomic E-state index is 0.0122. The molecule has 5 heteroatoms. The fourth-order valence-electron chi connectivity index (χ4n) is 2.08. The third-order valence-corrected chi connectivity index (χ3v) is 3.02. The fraction of sp³-hybridized carbons (Fsp3) is 0.636. The van der Waals surface area contributed by atoms with E-state index in [2.05, 4.69) is 10.4 Å². The van der Waals surface area contributed by atoms with Crippen LogP contribution < -0.4 is 5.32 Å². The highest BCUT2D eigenvalue weighted by Crippen LogP contribution is 2.14. The minimum Gasteiger partial charge on any atom is -0.335 e. The third-order valence-electron chi connectivity index (χ3n) is 3.02. The summed E-state index contributed by atoms with van der Waals surface area (Å²) in [4.78, 5) is 13.9. The molecule has 1 aromatic rings. The number of hydrogen-bond acceptors (Lipinski definition) is 3. The number of rotatable bonds is 4. The molecule has 1 fully saturated rings. The van der Waals surface area contributed by atoms with E-state index >= 15 is 0 Å². The van der Waals surface area contributed by atoms with Crippen LogP contribution in [0.15, 0.2) is 12.3 Å². The van der Waals surface area contributed by atoms with Gasteiger partial charge in [0.25, 0.3) is 0 Å². The van der Waals surface area contributed by atoms with Gasteiger partial charge in [0, 0.05) is 19.8 Å². The topological polar surface area (TPSA) is 50.2 Å². The van der Waals surface area contributed by atoms with Crippen LogP contribution in [-0.2, 0) is 18.4 Å². The largest absolute Gasteiger partial charge is 0.335 e. The second kappa shape index (κ2) is 4.65. The lowest BCUT2D eigenvalue weighted by atomic mass is 10.2. The number of nitrogens with one attached hydrogen (secondary N) is 1. The number of carbonyl (C=O) groups excluding carboxylic acids is 1. The SMILES string of the molecule is CCNC1CCN(Cc2ccnn2C)C1=O. The van der Waals surface area contributed by atoms with Crippen molar-refractivity contribution in [3.63, 3.8) is 0 Å². The van der Waals surface area contributed by atoms with Gasteiger partial charge in [0.15, 0.2) is 0 Å². The first kappa shape index (κ1) is 11.1. The highest BCUT2D eigenvalue weighted by atomic mass is 16.2. The molecule has 0 radical (unpaired) electrons. The Morgan fingerprint density at radius 3 is 3.06 bits per heavy atom. The molecule has 5 nitrogen and oxygen atoms in total. The van der Waals surface area contributed by atoms with Gasteiger partial charge < -0.3 is 10.2 Å². The van der Waals surface area contributed by atoms with E-state index in [-0.39, 0.29) is 11.9 Å². The zero-order valence-electron chi connectivity index (χ0n) is 9.81. The molecule has 1 amide bonds. The van der Waals surface area contributed by atoms with Crippen molar-refractivity contribution >= 4 is 5.91 Å². The Labute approximate surface area is 95.4 Å². The highest BCUT2D eigenvalue weighted by Gasteiger charge is 2.30. The highest BCUT2D eigenvalue weighted by molar-refractivity contribution is 5.83. The fourth-order valence-corrected chi connectivity index (χ4v) is 2.08. The second-order valence-corrected chi connectivity index (χ2v) is 4.10. The maximum absolute atomic E-state index is 12.0. The summed E-state index contributed by atoms with van der Waals surface area (Å²) < 4.78 is 1.81. The summed E-state index contributed by atoms with van der Waals surface area (Å²) in [7, 11) is 1.90. The number of carbonyl (C=O) groups is 1. The lowest BCUT2D eigenvalue weighted by Gasteiger charge is -2.16. The zero-order chi connectivity index (χ0) is 11.5.